The number of nitrogens with two attached hydrogens (primary N) is 1. The lowest BCUT2D eigenvalue weighted by Crippen LogP contribution is -2.37. The molecule has 0 radical (unpaired) electrons. The number of carbonyl (C=O) groups is 1. The van der Waals surface area contributed by atoms with Gasteiger partial charge in [0.1, 0.15) is 0 Å². The first kappa shape index (κ1) is 12.4. The van der Waals surface area contributed by atoms with Crippen molar-refractivity contribution < 1.29 is 4.79 Å². The third kappa shape index (κ3) is 4.60. The normalized spacial score (nSPS) is 15.4. The molecule has 0 heterocycles. The van der Waals surface area contributed by atoms with Crippen LogP contribution < -0.4 is 5.73 Å². The Hall–Kier alpha value is -0.640. The quantitative estimate of drug-likeness (QED) is 0.702. The summed E-state index contributed by atoms with van der Waals surface area (Å²) < 4.78 is 0. The largest absolute Gasteiger partial charge is 0.393 e. The van der Waals surface area contributed by atoms with Crippen molar-refractivity contribution in [1.82, 2.24) is 4.90 Å². The fourth-order valence-corrected chi connectivity index (χ4v) is 1.66. The Bertz CT molecular complexity index is 249. The zero-order chi connectivity index (χ0) is 11.4. The van der Waals surface area contributed by atoms with Crippen LogP contribution in [0.5, 0.6) is 0 Å². The lowest BCUT2D eigenvalue weighted by Gasteiger charge is -2.24. The van der Waals surface area contributed by atoms with Crippen molar-refractivity contribution in [1.29, 1.82) is 0 Å². The van der Waals surface area contributed by atoms with Gasteiger partial charge in [-0.2, -0.15) is 0 Å². The van der Waals surface area contributed by atoms with Crippen molar-refractivity contribution >= 4 is 23.1 Å². The minimum absolute atomic E-state index is 0.287. The molecule has 0 saturated heterocycles. The number of rotatable bonds is 6. The van der Waals surface area contributed by atoms with Crippen molar-refractivity contribution in [3.05, 3.63) is 0 Å². The average Bonchev–Trinajstić information content (AvgIpc) is 2.93. The van der Waals surface area contributed by atoms with Gasteiger partial charge in [-0.25, -0.2) is 0 Å². The van der Waals surface area contributed by atoms with Gasteiger partial charge in [0, 0.05) is 25.4 Å². The van der Waals surface area contributed by atoms with Crippen LogP contribution in [0.2, 0.25) is 0 Å². The molecule has 1 rings (SSSR count). The third-order valence-electron chi connectivity index (χ3n) is 2.45. The number of nitrogens with zero attached hydrogens (tertiary/aromatic N) is 1. The van der Waals surface area contributed by atoms with Crippen molar-refractivity contribution in [3.8, 4) is 0 Å². The summed E-state index contributed by atoms with van der Waals surface area (Å²) in [5, 5.41) is 0. The topological polar surface area (TPSA) is 46.3 Å². The van der Waals surface area contributed by atoms with Crippen LogP contribution >= 0.6 is 12.2 Å². The molecule has 0 aromatic carbocycles. The molecule has 15 heavy (non-hydrogen) atoms. The molecule has 0 aliphatic heterocycles. The lowest BCUT2D eigenvalue weighted by atomic mass is 10.2. The van der Waals surface area contributed by atoms with Crippen LogP contribution in [0.15, 0.2) is 0 Å². The smallest absolute Gasteiger partial charge is 0.225 e. The van der Waals surface area contributed by atoms with Crippen LogP contribution in [0.1, 0.15) is 33.1 Å². The van der Waals surface area contributed by atoms with E-state index in [1.165, 1.54) is 0 Å². The summed E-state index contributed by atoms with van der Waals surface area (Å²) >= 11 is 4.84. The Kier molecular flexibility index (Phi) is 4.51. The molecule has 4 heteroatoms. The number of hydrogen-bond acceptors (Lipinski definition) is 2. The molecule has 1 aliphatic rings. The first-order chi connectivity index (χ1) is 7.00. The van der Waals surface area contributed by atoms with Crippen LogP contribution in [0.25, 0.3) is 0 Å². The van der Waals surface area contributed by atoms with Gasteiger partial charge in [0.05, 0.1) is 4.99 Å². The van der Waals surface area contributed by atoms with Crippen LogP contribution in [-0.2, 0) is 4.79 Å². The molecular weight excluding hydrogens is 208 g/mol. The van der Waals surface area contributed by atoms with Crippen LogP contribution in [0.4, 0.5) is 0 Å². The Labute approximate surface area is 97.0 Å². The Morgan fingerprint density at radius 3 is 2.53 bits per heavy atom. The van der Waals surface area contributed by atoms with Gasteiger partial charge in [-0.1, -0.05) is 26.1 Å². The predicted octanol–water partition coefficient (Wildman–Crippen LogP) is 1.56. The summed E-state index contributed by atoms with van der Waals surface area (Å²) in [5.41, 5.74) is 5.46. The number of carbonyl (C=O) groups excluding carboxylic acids is 1. The second kappa shape index (κ2) is 5.45. The molecule has 0 aromatic rings. The van der Waals surface area contributed by atoms with Gasteiger partial charge in [-0.05, 0) is 18.8 Å². The highest BCUT2D eigenvalue weighted by molar-refractivity contribution is 7.80. The number of hydrogen-bond donors (Lipinski definition) is 1. The minimum atomic E-state index is 0.287. The van der Waals surface area contributed by atoms with Crippen LogP contribution in [0, 0.1) is 11.8 Å². The molecule has 1 aliphatic carbocycles. The molecule has 0 atom stereocenters. The minimum Gasteiger partial charge on any atom is -0.393 e. The molecule has 2 N–H and O–H groups in total. The van der Waals surface area contributed by atoms with E-state index in [1.54, 1.807) is 0 Å². The van der Waals surface area contributed by atoms with Gasteiger partial charge < -0.3 is 10.6 Å². The van der Waals surface area contributed by atoms with Crippen LogP contribution in [0.3, 0.4) is 0 Å². The van der Waals surface area contributed by atoms with Gasteiger partial charge in [0.25, 0.3) is 0 Å². The second-order valence-corrected chi connectivity index (χ2v) is 5.19. The molecule has 1 amide bonds. The molecule has 0 aromatic heterocycles. The van der Waals surface area contributed by atoms with E-state index >= 15 is 0 Å². The van der Waals surface area contributed by atoms with E-state index in [1.807, 2.05) is 4.90 Å². The maximum atomic E-state index is 11.9. The molecule has 0 bridgehead atoms. The lowest BCUT2D eigenvalue weighted by molar-refractivity contribution is -0.133. The zero-order valence-electron chi connectivity index (χ0n) is 9.53. The fourth-order valence-electron chi connectivity index (χ4n) is 1.57. The summed E-state index contributed by atoms with van der Waals surface area (Å²) in [6.45, 7) is 5.74. The summed E-state index contributed by atoms with van der Waals surface area (Å²) in [4.78, 5) is 14.3. The maximum Gasteiger partial charge on any atom is 0.225 e. The van der Waals surface area contributed by atoms with Crippen molar-refractivity contribution in [2.45, 2.75) is 33.1 Å². The van der Waals surface area contributed by atoms with E-state index < -0.39 is 0 Å². The third-order valence-corrected chi connectivity index (χ3v) is 2.66. The highest BCUT2D eigenvalue weighted by Gasteiger charge is 2.33. The number of amides is 1. The Morgan fingerprint density at radius 1 is 1.53 bits per heavy atom. The highest BCUT2D eigenvalue weighted by Crippen LogP contribution is 2.31. The van der Waals surface area contributed by atoms with Crippen molar-refractivity contribution in [2.24, 2.45) is 17.6 Å². The van der Waals surface area contributed by atoms with Crippen molar-refractivity contribution in [2.75, 3.05) is 13.1 Å². The Balaban J connectivity index is 2.43. The van der Waals surface area contributed by atoms with Crippen molar-refractivity contribution in [3.63, 3.8) is 0 Å². The second-order valence-electron chi connectivity index (χ2n) is 4.67. The van der Waals surface area contributed by atoms with E-state index in [0.29, 0.717) is 29.8 Å². The van der Waals surface area contributed by atoms with E-state index in [9.17, 15) is 4.79 Å². The van der Waals surface area contributed by atoms with Gasteiger partial charge in [0.2, 0.25) is 5.91 Å². The average molecular weight is 228 g/mol. The fraction of sp³-hybridized carbons (Fsp3) is 0.818. The highest BCUT2D eigenvalue weighted by atomic mass is 32.1. The zero-order valence-corrected chi connectivity index (χ0v) is 10.3. The SMILES string of the molecule is CC(C)CN(CCC(N)=S)C(=O)C1CC1. The van der Waals surface area contributed by atoms with Gasteiger partial charge >= 0.3 is 0 Å². The molecular formula is C11H20N2OS. The van der Waals surface area contributed by atoms with E-state index in [0.717, 1.165) is 19.4 Å². The summed E-state index contributed by atoms with van der Waals surface area (Å²) in [5.74, 6) is 1.08. The summed E-state index contributed by atoms with van der Waals surface area (Å²) in [6, 6.07) is 0. The molecule has 3 nitrogen and oxygen atoms in total. The standard InChI is InChI=1S/C11H20N2OS/c1-8(2)7-13(6-5-10(12)15)11(14)9-3-4-9/h8-9H,3-7H2,1-2H3,(H2,12,15). The predicted molar refractivity (Wildman–Crippen MR) is 65.5 cm³/mol. The maximum absolute atomic E-state index is 11.9. The van der Waals surface area contributed by atoms with E-state index in [2.05, 4.69) is 13.8 Å². The van der Waals surface area contributed by atoms with Gasteiger partial charge in [-0.15, -0.1) is 0 Å². The molecule has 1 saturated carbocycles. The first-order valence-electron chi connectivity index (χ1n) is 5.57. The van der Waals surface area contributed by atoms with E-state index in [-0.39, 0.29) is 5.92 Å². The van der Waals surface area contributed by atoms with Gasteiger partial charge in [0.15, 0.2) is 0 Å². The van der Waals surface area contributed by atoms with Gasteiger partial charge in [-0.3, -0.25) is 4.79 Å². The monoisotopic (exact) mass is 228 g/mol. The molecule has 1 fully saturated rings. The number of thiocarbonyl (C=S) groups is 1. The summed E-state index contributed by atoms with van der Waals surface area (Å²) in [7, 11) is 0. The summed E-state index contributed by atoms with van der Waals surface area (Å²) in [6.07, 6.45) is 2.75. The Morgan fingerprint density at radius 2 is 2.13 bits per heavy atom. The molecule has 86 valence electrons. The molecule has 0 unspecified atom stereocenters. The van der Waals surface area contributed by atoms with Crippen LogP contribution in [-0.4, -0.2) is 28.9 Å². The van der Waals surface area contributed by atoms with E-state index in [4.69, 9.17) is 18.0 Å². The first-order valence-corrected chi connectivity index (χ1v) is 5.98. The molecule has 0 spiro atoms.